The molecule has 5 nitrogen and oxygen atoms in total. The lowest BCUT2D eigenvalue weighted by Gasteiger charge is -2.20. The molecule has 1 N–H and O–H groups in total. The number of fused-ring (bicyclic) bond motifs is 1. The number of pyridine rings is 1. The van der Waals surface area contributed by atoms with Crippen LogP contribution in [0.1, 0.15) is 31.9 Å². The van der Waals surface area contributed by atoms with Gasteiger partial charge < -0.3 is 5.11 Å². The van der Waals surface area contributed by atoms with E-state index in [4.69, 9.17) is 4.98 Å². The number of hydrogen-bond donors (Lipinski definition) is 1. The fourth-order valence-electron chi connectivity index (χ4n) is 5.92. The Morgan fingerprint density at radius 3 is 2.13 bits per heavy atom. The molecule has 7 aromatic rings. The van der Waals surface area contributed by atoms with Crippen LogP contribution in [-0.4, -0.2) is 19.6 Å². The molecule has 5 aromatic carbocycles. The summed E-state index contributed by atoms with van der Waals surface area (Å²) in [6.45, 7) is 6.50. The molecular formula is C41H32N4O. The van der Waals surface area contributed by atoms with Crippen LogP contribution in [0.3, 0.4) is 0 Å². The molecule has 0 saturated carbocycles. The van der Waals surface area contributed by atoms with Crippen LogP contribution >= 0.6 is 0 Å². The molecule has 0 saturated heterocycles. The van der Waals surface area contributed by atoms with E-state index >= 15 is 0 Å². The van der Waals surface area contributed by atoms with Crippen molar-refractivity contribution in [1.29, 1.82) is 5.26 Å². The molecule has 0 spiro atoms. The summed E-state index contributed by atoms with van der Waals surface area (Å²) >= 11 is 0. The fraction of sp³-hybridized carbons (Fsp3) is 0.0976. The monoisotopic (exact) mass is 596 g/mol. The SMILES string of the molecule is CC(C)(C)c1ccc(O)c(-c2nc3c(-c4cc(-c5ccccc5)cc(-c5cc(C#N)ccn5)c4)cccc3n2-c2ccccc2)c1. The average Bonchev–Trinajstić information content (AvgIpc) is 3.48. The molecule has 2 aromatic heterocycles. The van der Waals surface area contributed by atoms with Crippen molar-refractivity contribution in [3.05, 3.63) is 145 Å². The summed E-state index contributed by atoms with van der Waals surface area (Å²) < 4.78 is 2.13. The number of hydrogen-bond acceptors (Lipinski definition) is 4. The second kappa shape index (κ2) is 11.5. The molecule has 0 aliphatic carbocycles. The summed E-state index contributed by atoms with van der Waals surface area (Å²) in [6, 6.07) is 44.6. The van der Waals surface area contributed by atoms with Gasteiger partial charge in [0.25, 0.3) is 0 Å². The third-order valence-corrected chi connectivity index (χ3v) is 8.34. The first kappa shape index (κ1) is 28.8. The van der Waals surface area contributed by atoms with Crippen molar-refractivity contribution in [3.8, 4) is 62.4 Å². The predicted molar refractivity (Wildman–Crippen MR) is 186 cm³/mol. The van der Waals surface area contributed by atoms with E-state index in [9.17, 15) is 10.4 Å². The van der Waals surface area contributed by atoms with Gasteiger partial charge in [0.2, 0.25) is 0 Å². The van der Waals surface area contributed by atoms with Gasteiger partial charge in [-0.2, -0.15) is 5.26 Å². The van der Waals surface area contributed by atoms with Gasteiger partial charge >= 0.3 is 0 Å². The van der Waals surface area contributed by atoms with E-state index in [0.717, 1.165) is 55.8 Å². The van der Waals surface area contributed by atoms with Crippen molar-refractivity contribution in [3.63, 3.8) is 0 Å². The predicted octanol–water partition coefficient (Wildman–Crippen LogP) is 9.96. The normalized spacial score (nSPS) is 11.4. The number of benzene rings is 5. The van der Waals surface area contributed by atoms with Gasteiger partial charge in [0.05, 0.1) is 33.9 Å². The van der Waals surface area contributed by atoms with E-state index in [1.54, 1.807) is 18.3 Å². The van der Waals surface area contributed by atoms with Crippen LogP contribution in [0.15, 0.2) is 134 Å². The smallest absolute Gasteiger partial charge is 0.149 e. The van der Waals surface area contributed by atoms with Crippen molar-refractivity contribution in [1.82, 2.24) is 14.5 Å². The van der Waals surface area contributed by atoms with Gasteiger partial charge in [0.15, 0.2) is 0 Å². The van der Waals surface area contributed by atoms with Crippen molar-refractivity contribution < 1.29 is 5.11 Å². The molecule has 222 valence electrons. The number of phenols is 1. The summed E-state index contributed by atoms with van der Waals surface area (Å²) in [5.74, 6) is 0.846. The lowest BCUT2D eigenvalue weighted by molar-refractivity contribution is 0.475. The first-order chi connectivity index (χ1) is 22.3. The van der Waals surface area contributed by atoms with Crippen LogP contribution in [0.25, 0.3) is 61.6 Å². The largest absolute Gasteiger partial charge is 0.507 e. The third kappa shape index (κ3) is 5.31. The van der Waals surface area contributed by atoms with Crippen molar-refractivity contribution in [2.75, 3.05) is 0 Å². The van der Waals surface area contributed by atoms with Crippen molar-refractivity contribution in [2.24, 2.45) is 0 Å². The van der Waals surface area contributed by atoms with Gasteiger partial charge in [-0.25, -0.2) is 4.98 Å². The van der Waals surface area contributed by atoms with Gasteiger partial charge in [0, 0.05) is 23.0 Å². The summed E-state index contributed by atoms with van der Waals surface area (Å²) in [5, 5.41) is 20.8. The Hall–Kier alpha value is -5.99. The van der Waals surface area contributed by atoms with E-state index in [1.165, 1.54) is 0 Å². The molecule has 7 rings (SSSR count). The van der Waals surface area contributed by atoms with Gasteiger partial charge in [-0.3, -0.25) is 9.55 Å². The van der Waals surface area contributed by atoms with Crippen LogP contribution in [-0.2, 0) is 5.41 Å². The highest BCUT2D eigenvalue weighted by Crippen LogP contribution is 2.40. The highest BCUT2D eigenvalue weighted by atomic mass is 16.3. The number of phenolic OH excluding ortho intramolecular Hbond substituents is 1. The third-order valence-electron chi connectivity index (χ3n) is 8.34. The average molecular weight is 597 g/mol. The van der Waals surface area contributed by atoms with Crippen LogP contribution < -0.4 is 0 Å². The maximum atomic E-state index is 11.2. The number of nitriles is 1. The van der Waals surface area contributed by atoms with E-state index in [1.807, 2.05) is 48.5 Å². The Labute approximate surface area is 268 Å². The molecule has 0 fully saturated rings. The summed E-state index contributed by atoms with van der Waals surface area (Å²) in [7, 11) is 0. The lowest BCUT2D eigenvalue weighted by atomic mass is 9.86. The van der Waals surface area contributed by atoms with Crippen LogP contribution in [0.5, 0.6) is 5.75 Å². The Morgan fingerprint density at radius 1 is 0.674 bits per heavy atom. The molecule has 0 aliphatic rings. The molecule has 0 unspecified atom stereocenters. The highest BCUT2D eigenvalue weighted by molar-refractivity contribution is 5.97. The molecule has 46 heavy (non-hydrogen) atoms. The number of rotatable bonds is 5. The van der Waals surface area contributed by atoms with E-state index < -0.39 is 0 Å². The number of para-hydroxylation sites is 2. The molecule has 0 aliphatic heterocycles. The first-order valence-electron chi connectivity index (χ1n) is 15.3. The number of nitrogens with zero attached hydrogens (tertiary/aromatic N) is 4. The van der Waals surface area contributed by atoms with Crippen LogP contribution in [0.2, 0.25) is 0 Å². The second-order valence-corrected chi connectivity index (χ2v) is 12.5. The van der Waals surface area contributed by atoms with Gasteiger partial charge in [0.1, 0.15) is 11.6 Å². The minimum Gasteiger partial charge on any atom is -0.507 e. The standard InChI is InChI=1S/C41H32N4O/c1-41(2,3)32-17-18-38(46)35(25-32)40-44-39-34(15-10-16-37(39)45(40)33-13-8-5-9-14-33)30-22-29(28-11-6-4-7-12-28)23-31(24-30)36-21-27(26-42)19-20-43-36/h4-25,46H,1-3H3. The minimum absolute atomic E-state index is 0.109. The summed E-state index contributed by atoms with van der Waals surface area (Å²) in [6.07, 6.45) is 1.68. The fourth-order valence-corrected chi connectivity index (χ4v) is 5.92. The molecule has 2 heterocycles. The molecule has 0 amide bonds. The van der Waals surface area contributed by atoms with Crippen molar-refractivity contribution in [2.45, 2.75) is 26.2 Å². The Morgan fingerprint density at radius 2 is 1.39 bits per heavy atom. The minimum atomic E-state index is -0.109. The number of imidazole rings is 1. The van der Waals surface area contributed by atoms with E-state index in [-0.39, 0.29) is 11.2 Å². The number of aromatic nitrogens is 3. The summed E-state index contributed by atoms with van der Waals surface area (Å²) in [4.78, 5) is 9.92. The zero-order valence-electron chi connectivity index (χ0n) is 25.9. The van der Waals surface area contributed by atoms with Gasteiger partial charge in [-0.15, -0.1) is 0 Å². The van der Waals surface area contributed by atoms with Gasteiger partial charge in [-0.05, 0) is 88.3 Å². The second-order valence-electron chi connectivity index (χ2n) is 12.5. The van der Waals surface area contributed by atoms with E-state index in [0.29, 0.717) is 17.0 Å². The first-order valence-corrected chi connectivity index (χ1v) is 15.3. The van der Waals surface area contributed by atoms with Crippen molar-refractivity contribution >= 4 is 11.0 Å². The zero-order valence-corrected chi connectivity index (χ0v) is 25.9. The Bertz CT molecular complexity index is 2260. The molecular weight excluding hydrogens is 564 g/mol. The lowest BCUT2D eigenvalue weighted by Crippen LogP contribution is -2.11. The number of aromatic hydroxyl groups is 1. The molecule has 0 radical (unpaired) electrons. The highest BCUT2D eigenvalue weighted by Gasteiger charge is 2.23. The maximum absolute atomic E-state index is 11.2. The Kier molecular flexibility index (Phi) is 7.19. The van der Waals surface area contributed by atoms with Gasteiger partial charge in [-0.1, -0.05) is 87.5 Å². The maximum Gasteiger partial charge on any atom is 0.149 e. The van der Waals surface area contributed by atoms with Crippen LogP contribution in [0.4, 0.5) is 0 Å². The van der Waals surface area contributed by atoms with Crippen LogP contribution in [0, 0.1) is 11.3 Å². The topological polar surface area (TPSA) is 74.7 Å². The Balaban J connectivity index is 1.52. The molecule has 5 heteroatoms. The quantitative estimate of drug-likeness (QED) is 0.215. The summed E-state index contributed by atoms with van der Waals surface area (Å²) in [5.41, 5.74) is 10.6. The van der Waals surface area contributed by atoms with E-state index in [2.05, 4.69) is 103 Å². The molecule has 0 bridgehead atoms. The zero-order chi connectivity index (χ0) is 31.8. The molecule has 0 atom stereocenters.